The number of likely N-dealkylation sites (tertiary alicyclic amines) is 1. The van der Waals surface area contributed by atoms with Crippen molar-refractivity contribution >= 4 is 23.2 Å². The normalized spacial score (nSPS) is 18.8. The van der Waals surface area contributed by atoms with Crippen molar-refractivity contribution in [3.8, 4) is 22.5 Å². The van der Waals surface area contributed by atoms with Crippen molar-refractivity contribution in [2.45, 2.75) is 39.3 Å². The Morgan fingerprint density at radius 3 is 2.61 bits per heavy atom. The van der Waals surface area contributed by atoms with Gasteiger partial charge in [-0.25, -0.2) is 4.98 Å². The van der Waals surface area contributed by atoms with E-state index in [0.717, 1.165) is 62.3 Å². The predicted octanol–water partition coefficient (Wildman–Crippen LogP) is 5.87. The number of aryl methyl sites for hydroxylation is 1. The Kier molecular flexibility index (Phi) is 5.05. The van der Waals surface area contributed by atoms with Crippen LogP contribution >= 0.6 is 0 Å². The maximum Gasteiger partial charge on any atom is 0.225 e. The molecule has 0 spiro atoms. The van der Waals surface area contributed by atoms with E-state index in [0.29, 0.717) is 17.7 Å². The van der Waals surface area contributed by atoms with E-state index in [-0.39, 0.29) is 0 Å². The lowest BCUT2D eigenvalue weighted by atomic mass is 9.99. The van der Waals surface area contributed by atoms with Crippen LogP contribution in [0, 0.1) is 18.8 Å². The van der Waals surface area contributed by atoms with Crippen LogP contribution in [-0.2, 0) is 17.9 Å². The van der Waals surface area contributed by atoms with Crippen molar-refractivity contribution < 1.29 is 4.79 Å². The molecule has 0 bridgehead atoms. The molecule has 3 heterocycles. The number of aromatic nitrogens is 2. The fourth-order valence-corrected chi connectivity index (χ4v) is 5.82. The Balaban J connectivity index is 1.20. The van der Waals surface area contributed by atoms with Gasteiger partial charge in [0.05, 0.1) is 17.6 Å². The second kappa shape index (κ2) is 8.44. The molecule has 1 amide bonds. The number of carbonyl (C=O) groups is 1. The number of carbonyl (C=O) groups excluding carboxylic acids is 1. The molecular formula is C31H30N4O. The van der Waals surface area contributed by atoms with Crippen molar-refractivity contribution in [3.05, 3.63) is 77.4 Å². The van der Waals surface area contributed by atoms with Crippen LogP contribution < -0.4 is 0 Å². The number of hydrogen-bond acceptors (Lipinski definition) is 3. The maximum atomic E-state index is 12.6. The number of nitrogens with zero attached hydrogens (tertiary/aromatic N) is 4. The lowest BCUT2D eigenvalue weighted by Crippen LogP contribution is -2.30. The van der Waals surface area contributed by atoms with Gasteiger partial charge in [-0.05, 0) is 72.1 Å². The minimum absolute atomic E-state index is 0.299. The van der Waals surface area contributed by atoms with E-state index in [1.165, 1.54) is 33.3 Å². The first-order valence-electron chi connectivity index (χ1n) is 13.1. The van der Waals surface area contributed by atoms with Crippen LogP contribution in [0.4, 0.5) is 0 Å². The number of rotatable bonds is 5. The molecule has 1 atom stereocenters. The van der Waals surface area contributed by atoms with E-state index >= 15 is 0 Å². The highest BCUT2D eigenvalue weighted by molar-refractivity contribution is 5.86. The monoisotopic (exact) mass is 474 g/mol. The van der Waals surface area contributed by atoms with Crippen molar-refractivity contribution in [1.82, 2.24) is 14.5 Å². The smallest absolute Gasteiger partial charge is 0.225 e. The molecule has 7 rings (SSSR count). The average Bonchev–Trinajstić information content (AvgIpc) is 3.30. The molecule has 5 nitrogen and oxygen atoms in total. The molecular weight excluding hydrogens is 444 g/mol. The molecule has 180 valence electrons. The molecule has 2 fully saturated rings. The Morgan fingerprint density at radius 2 is 1.78 bits per heavy atom. The molecule has 2 aliphatic heterocycles. The van der Waals surface area contributed by atoms with Gasteiger partial charge in [0.25, 0.3) is 0 Å². The largest absolute Gasteiger partial charge is 0.342 e. The van der Waals surface area contributed by atoms with Crippen molar-refractivity contribution in [2.75, 3.05) is 13.1 Å². The van der Waals surface area contributed by atoms with Crippen molar-refractivity contribution in [2.24, 2.45) is 16.8 Å². The Bertz CT molecular complexity index is 1510. The number of para-hydroxylation sites is 1. The van der Waals surface area contributed by atoms with Gasteiger partial charge >= 0.3 is 0 Å². The predicted molar refractivity (Wildman–Crippen MR) is 144 cm³/mol. The fraction of sp³-hybridized carbons (Fsp3) is 0.323. The van der Waals surface area contributed by atoms with Gasteiger partial charge < -0.3 is 9.47 Å². The molecule has 3 aromatic carbocycles. The minimum atomic E-state index is 0.299. The minimum Gasteiger partial charge on any atom is -0.342 e. The van der Waals surface area contributed by atoms with Crippen LogP contribution in [0.1, 0.15) is 36.0 Å². The van der Waals surface area contributed by atoms with E-state index in [4.69, 9.17) is 4.98 Å². The summed E-state index contributed by atoms with van der Waals surface area (Å²) in [6, 6.07) is 21.8. The van der Waals surface area contributed by atoms with Crippen LogP contribution in [0.2, 0.25) is 0 Å². The summed E-state index contributed by atoms with van der Waals surface area (Å²) >= 11 is 0. The molecule has 1 saturated heterocycles. The summed E-state index contributed by atoms with van der Waals surface area (Å²) in [6.07, 6.45) is 5.17. The quantitative estimate of drug-likeness (QED) is 0.363. The van der Waals surface area contributed by atoms with Gasteiger partial charge in [-0.15, -0.1) is 0 Å². The van der Waals surface area contributed by atoms with Crippen molar-refractivity contribution in [3.63, 3.8) is 0 Å². The molecule has 0 unspecified atom stereocenters. The summed E-state index contributed by atoms with van der Waals surface area (Å²) in [7, 11) is 0. The second-order valence-electron chi connectivity index (χ2n) is 10.7. The number of hydrogen-bond donors (Lipinski definition) is 0. The molecule has 36 heavy (non-hydrogen) atoms. The molecule has 5 heteroatoms. The first-order valence-corrected chi connectivity index (χ1v) is 13.1. The second-order valence-corrected chi connectivity index (χ2v) is 10.7. The summed E-state index contributed by atoms with van der Waals surface area (Å²) in [4.78, 5) is 24.2. The van der Waals surface area contributed by atoms with Gasteiger partial charge in [-0.1, -0.05) is 48.5 Å². The lowest BCUT2D eigenvalue weighted by molar-refractivity contribution is -0.131. The first kappa shape index (κ1) is 21.5. The molecule has 1 saturated carbocycles. The number of fused-ring (bicyclic) bond motifs is 2. The topological polar surface area (TPSA) is 50.5 Å². The van der Waals surface area contributed by atoms with Crippen LogP contribution in [-0.4, -0.2) is 39.7 Å². The van der Waals surface area contributed by atoms with Gasteiger partial charge in [0.1, 0.15) is 5.82 Å². The summed E-state index contributed by atoms with van der Waals surface area (Å²) in [5.41, 5.74) is 9.52. The van der Waals surface area contributed by atoms with E-state index in [1.54, 1.807) is 0 Å². The molecule has 0 radical (unpaired) electrons. The van der Waals surface area contributed by atoms with E-state index in [1.807, 2.05) is 6.21 Å². The highest BCUT2D eigenvalue weighted by Crippen LogP contribution is 2.35. The van der Waals surface area contributed by atoms with E-state index in [2.05, 4.69) is 82.0 Å². The third-order valence-electron chi connectivity index (χ3n) is 8.06. The number of imidazole rings is 1. The highest BCUT2D eigenvalue weighted by atomic mass is 16.2. The van der Waals surface area contributed by atoms with Crippen LogP contribution in [0.3, 0.4) is 0 Å². The Morgan fingerprint density at radius 1 is 0.972 bits per heavy atom. The molecule has 1 aliphatic carbocycles. The molecule has 1 aromatic heterocycles. The van der Waals surface area contributed by atoms with Gasteiger partial charge in [0, 0.05) is 37.3 Å². The fourth-order valence-electron chi connectivity index (χ4n) is 5.82. The van der Waals surface area contributed by atoms with Crippen LogP contribution in [0.25, 0.3) is 33.5 Å². The van der Waals surface area contributed by atoms with Crippen LogP contribution in [0.15, 0.2) is 65.7 Å². The highest BCUT2D eigenvalue weighted by Gasteiger charge is 2.36. The van der Waals surface area contributed by atoms with E-state index < -0.39 is 0 Å². The van der Waals surface area contributed by atoms with Gasteiger partial charge in [0.2, 0.25) is 5.91 Å². The molecule has 4 aromatic rings. The van der Waals surface area contributed by atoms with Gasteiger partial charge in [0.15, 0.2) is 0 Å². The average molecular weight is 475 g/mol. The Hall–Kier alpha value is -3.73. The third-order valence-corrected chi connectivity index (χ3v) is 8.06. The number of benzene rings is 3. The van der Waals surface area contributed by atoms with Crippen molar-refractivity contribution in [1.29, 1.82) is 0 Å². The van der Waals surface area contributed by atoms with Crippen LogP contribution in [0.5, 0.6) is 0 Å². The summed E-state index contributed by atoms with van der Waals surface area (Å²) in [5, 5.41) is 0. The SMILES string of the molecule is Cc1cccc2c1nc(-c1ccc(-c3ccc4c(c3)CN=C4)cc1)n2C[C@@H]1CCN(C(=O)C2CC2)C1. The zero-order valence-electron chi connectivity index (χ0n) is 20.7. The summed E-state index contributed by atoms with van der Waals surface area (Å²) in [5.74, 6) is 2.14. The maximum absolute atomic E-state index is 12.6. The summed E-state index contributed by atoms with van der Waals surface area (Å²) < 4.78 is 2.39. The standard InChI is InChI=1S/C31H30N4O/c1-20-3-2-4-28-29(20)33-30(35(28)19-21-13-14-34(18-21)31(36)24-9-10-24)23-7-5-22(6-8-23)25-11-12-26-16-32-17-27(26)15-25/h2-8,11-12,15-16,21,24H,9-10,13-14,17-19H2,1H3/t21-/m1/s1. The number of amides is 1. The molecule has 3 aliphatic rings. The molecule has 0 N–H and O–H groups in total. The first-order chi connectivity index (χ1) is 17.6. The van der Waals surface area contributed by atoms with E-state index in [9.17, 15) is 4.79 Å². The third kappa shape index (κ3) is 3.74. The van der Waals surface area contributed by atoms with Gasteiger partial charge in [-0.3, -0.25) is 9.79 Å². The zero-order chi connectivity index (χ0) is 24.2. The Labute approximate surface area is 211 Å². The van der Waals surface area contributed by atoms with Gasteiger partial charge in [-0.2, -0.15) is 0 Å². The lowest BCUT2D eigenvalue weighted by Gasteiger charge is -2.18. The zero-order valence-corrected chi connectivity index (χ0v) is 20.7. The summed E-state index contributed by atoms with van der Waals surface area (Å²) in [6.45, 7) is 5.55. The number of aliphatic imine (C=N–C) groups is 1.